The lowest BCUT2D eigenvalue weighted by atomic mass is 10.2. The number of nitrogens with one attached hydrogen (secondary N) is 2. The van der Waals surface area contributed by atoms with Gasteiger partial charge in [0.2, 0.25) is 0 Å². The predicted molar refractivity (Wildman–Crippen MR) is 114 cm³/mol. The van der Waals surface area contributed by atoms with Crippen molar-refractivity contribution >= 4 is 50.7 Å². The molecule has 0 atom stereocenters. The van der Waals surface area contributed by atoms with Gasteiger partial charge in [0.05, 0.1) is 12.8 Å². The van der Waals surface area contributed by atoms with Crippen LogP contribution in [0.5, 0.6) is 5.75 Å². The summed E-state index contributed by atoms with van der Waals surface area (Å²) in [4.78, 5) is 16.8. The number of amides is 1. The van der Waals surface area contributed by atoms with Crippen LogP contribution in [0, 0.1) is 0 Å². The third-order valence-corrected chi connectivity index (χ3v) is 4.95. The fraction of sp³-hybridized carbons (Fsp3) is 0.0500. The van der Waals surface area contributed by atoms with Crippen LogP contribution in [-0.2, 0) is 0 Å². The van der Waals surface area contributed by atoms with Crippen molar-refractivity contribution in [3.63, 3.8) is 0 Å². The zero-order valence-electron chi connectivity index (χ0n) is 14.8. The maximum absolute atomic E-state index is 12.3. The van der Waals surface area contributed by atoms with Gasteiger partial charge in [-0.2, -0.15) is 0 Å². The summed E-state index contributed by atoms with van der Waals surface area (Å²) in [6, 6.07) is 16.7. The standard InChI is InChI=1S/C20H15N3O3S2/c1-25-14-8-6-12(7-9-14)15-11-28-20(21-15)23-19(27)22-18(24)17-10-13-4-2-3-5-16(13)26-17/h2-11H,1H3,(H2,21,22,23,24,27). The van der Waals surface area contributed by atoms with Gasteiger partial charge in [0, 0.05) is 16.3 Å². The molecule has 2 aromatic carbocycles. The van der Waals surface area contributed by atoms with Crippen molar-refractivity contribution < 1.29 is 13.9 Å². The Kier molecular flexibility index (Phi) is 5.05. The van der Waals surface area contributed by atoms with Crippen molar-refractivity contribution in [1.29, 1.82) is 0 Å². The second-order valence-corrected chi connectivity index (χ2v) is 7.09. The van der Waals surface area contributed by atoms with E-state index in [1.807, 2.05) is 47.8 Å². The number of rotatable bonds is 4. The highest BCUT2D eigenvalue weighted by molar-refractivity contribution is 7.80. The molecule has 0 aliphatic carbocycles. The molecule has 4 rings (SSSR count). The molecule has 0 radical (unpaired) electrons. The summed E-state index contributed by atoms with van der Waals surface area (Å²) in [5, 5.41) is 9.04. The molecule has 1 amide bonds. The minimum Gasteiger partial charge on any atom is -0.497 e. The number of methoxy groups -OCH3 is 1. The Labute approximate surface area is 170 Å². The number of ether oxygens (including phenoxy) is 1. The number of anilines is 1. The van der Waals surface area contributed by atoms with E-state index in [1.54, 1.807) is 19.2 Å². The summed E-state index contributed by atoms with van der Waals surface area (Å²) in [5.41, 5.74) is 2.42. The number of thiazole rings is 1. The summed E-state index contributed by atoms with van der Waals surface area (Å²) in [6.07, 6.45) is 0. The molecule has 0 aliphatic rings. The Hall–Kier alpha value is -3.23. The van der Waals surface area contributed by atoms with Gasteiger partial charge >= 0.3 is 0 Å². The Morgan fingerprint density at radius 3 is 2.71 bits per heavy atom. The zero-order valence-corrected chi connectivity index (χ0v) is 16.4. The molecule has 4 aromatic rings. The maximum atomic E-state index is 12.3. The lowest BCUT2D eigenvalue weighted by Gasteiger charge is -2.05. The third kappa shape index (κ3) is 3.88. The number of benzene rings is 2. The number of carbonyl (C=O) groups is 1. The Morgan fingerprint density at radius 2 is 1.96 bits per heavy atom. The smallest absolute Gasteiger partial charge is 0.293 e. The highest BCUT2D eigenvalue weighted by atomic mass is 32.1. The minimum absolute atomic E-state index is 0.154. The molecule has 28 heavy (non-hydrogen) atoms. The molecule has 0 bridgehead atoms. The molecular weight excluding hydrogens is 394 g/mol. The van der Waals surface area contributed by atoms with Crippen molar-refractivity contribution in [2.24, 2.45) is 0 Å². The van der Waals surface area contributed by atoms with Crippen LogP contribution in [0.25, 0.3) is 22.2 Å². The van der Waals surface area contributed by atoms with Gasteiger partial charge in [0.1, 0.15) is 11.3 Å². The van der Waals surface area contributed by atoms with E-state index >= 15 is 0 Å². The fourth-order valence-electron chi connectivity index (χ4n) is 2.61. The third-order valence-electron chi connectivity index (χ3n) is 3.99. The number of thiocarbonyl (C=S) groups is 1. The maximum Gasteiger partial charge on any atom is 0.293 e. The van der Waals surface area contributed by atoms with Gasteiger partial charge in [-0.15, -0.1) is 11.3 Å². The summed E-state index contributed by atoms with van der Waals surface area (Å²) in [5.74, 6) is 0.566. The van der Waals surface area contributed by atoms with Gasteiger partial charge in [0.15, 0.2) is 16.0 Å². The van der Waals surface area contributed by atoms with Crippen LogP contribution < -0.4 is 15.4 Å². The van der Waals surface area contributed by atoms with Crippen LogP contribution >= 0.6 is 23.6 Å². The molecule has 0 spiro atoms. The predicted octanol–water partition coefficient (Wildman–Crippen LogP) is 4.69. The van der Waals surface area contributed by atoms with Crippen LogP contribution in [0.4, 0.5) is 5.13 Å². The van der Waals surface area contributed by atoms with E-state index in [1.165, 1.54) is 11.3 Å². The second-order valence-electron chi connectivity index (χ2n) is 5.82. The van der Waals surface area contributed by atoms with Gasteiger partial charge in [-0.05, 0) is 48.6 Å². The molecule has 8 heteroatoms. The number of hydrogen-bond acceptors (Lipinski definition) is 6. The quantitative estimate of drug-likeness (QED) is 0.476. The van der Waals surface area contributed by atoms with Crippen LogP contribution in [0.1, 0.15) is 10.6 Å². The van der Waals surface area contributed by atoms with E-state index in [0.717, 1.165) is 22.4 Å². The first-order valence-corrected chi connectivity index (χ1v) is 9.62. The monoisotopic (exact) mass is 409 g/mol. The van der Waals surface area contributed by atoms with Gasteiger partial charge in [-0.3, -0.25) is 10.1 Å². The van der Waals surface area contributed by atoms with Crippen LogP contribution in [0.15, 0.2) is 64.4 Å². The fourth-order valence-corrected chi connectivity index (χ4v) is 3.59. The lowest BCUT2D eigenvalue weighted by Crippen LogP contribution is -2.33. The first-order valence-electron chi connectivity index (χ1n) is 8.33. The number of nitrogens with zero attached hydrogens (tertiary/aromatic N) is 1. The molecule has 6 nitrogen and oxygen atoms in total. The summed E-state index contributed by atoms with van der Waals surface area (Å²) in [7, 11) is 1.63. The SMILES string of the molecule is COc1ccc(-c2csc(NC(=S)NC(=O)c3cc4ccccc4o3)n2)cc1. The molecule has 2 heterocycles. The van der Waals surface area contributed by atoms with E-state index in [4.69, 9.17) is 21.4 Å². The number of fused-ring (bicyclic) bond motifs is 1. The van der Waals surface area contributed by atoms with Crippen LogP contribution in [-0.4, -0.2) is 23.1 Å². The molecule has 2 aromatic heterocycles. The van der Waals surface area contributed by atoms with E-state index in [0.29, 0.717) is 10.7 Å². The van der Waals surface area contributed by atoms with E-state index < -0.39 is 5.91 Å². The number of furan rings is 1. The van der Waals surface area contributed by atoms with E-state index in [2.05, 4.69) is 15.6 Å². The highest BCUT2D eigenvalue weighted by Gasteiger charge is 2.14. The highest BCUT2D eigenvalue weighted by Crippen LogP contribution is 2.26. The van der Waals surface area contributed by atoms with Crippen molar-refractivity contribution in [3.05, 3.63) is 65.7 Å². The van der Waals surface area contributed by atoms with Gasteiger partial charge in [0.25, 0.3) is 5.91 Å². The van der Waals surface area contributed by atoms with E-state index in [9.17, 15) is 4.79 Å². The first-order chi connectivity index (χ1) is 13.6. The summed E-state index contributed by atoms with van der Waals surface area (Å²) in [6.45, 7) is 0. The average Bonchev–Trinajstić information content (AvgIpc) is 3.35. The number of hydrogen-bond donors (Lipinski definition) is 2. The van der Waals surface area contributed by atoms with Crippen LogP contribution in [0.2, 0.25) is 0 Å². The Balaban J connectivity index is 1.40. The molecule has 0 saturated heterocycles. The van der Waals surface area contributed by atoms with Crippen molar-refractivity contribution in [1.82, 2.24) is 10.3 Å². The zero-order chi connectivity index (χ0) is 19.5. The van der Waals surface area contributed by atoms with E-state index in [-0.39, 0.29) is 10.9 Å². The Morgan fingerprint density at radius 1 is 1.18 bits per heavy atom. The average molecular weight is 409 g/mol. The Bertz CT molecular complexity index is 1120. The summed E-state index contributed by atoms with van der Waals surface area (Å²) < 4.78 is 10.7. The van der Waals surface area contributed by atoms with Crippen molar-refractivity contribution in [2.45, 2.75) is 0 Å². The van der Waals surface area contributed by atoms with Crippen LogP contribution in [0.3, 0.4) is 0 Å². The van der Waals surface area contributed by atoms with Gasteiger partial charge in [-0.1, -0.05) is 18.2 Å². The van der Waals surface area contributed by atoms with Gasteiger partial charge < -0.3 is 14.5 Å². The molecule has 0 unspecified atom stereocenters. The molecule has 0 saturated carbocycles. The number of carbonyl (C=O) groups excluding carboxylic acids is 1. The number of aromatic nitrogens is 1. The molecular formula is C20H15N3O3S2. The second kappa shape index (κ2) is 7.79. The minimum atomic E-state index is -0.416. The number of para-hydroxylation sites is 1. The topological polar surface area (TPSA) is 76.4 Å². The largest absolute Gasteiger partial charge is 0.497 e. The van der Waals surface area contributed by atoms with Crippen molar-refractivity contribution in [2.75, 3.05) is 12.4 Å². The molecule has 0 aliphatic heterocycles. The lowest BCUT2D eigenvalue weighted by molar-refractivity contribution is 0.0953. The molecule has 140 valence electrons. The molecule has 0 fully saturated rings. The van der Waals surface area contributed by atoms with Crippen molar-refractivity contribution in [3.8, 4) is 17.0 Å². The summed E-state index contributed by atoms with van der Waals surface area (Å²) >= 11 is 6.61. The normalized spacial score (nSPS) is 10.6. The first kappa shape index (κ1) is 18.1. The molecule has 2 N–H and O–H groups in total. The van der Waals surface area contributed by atoms with Gasteiger partial charge in [-0.25, -0.2) is 4.98 Å².